The Labute approximate surface area is 167 Å². The van der Waals surface area contributed by atoms with Gasteiger partial charge >= 0.3 is 0 Å². The molecule has 28 heavy (non-hydrogen) atoms. The molecule has 1 aliphatic rings. The molecule has 6 nitrogen and oxygen atoms in total. The Bertz CT molecular complexity index is 975. The van der Waals surface area contributed by atoms with Gasteiger partial charge in [-0.25, -0.2) is 9.97 Å². The van der Waals surface area contributed by atoms with Crippen LogP contribution in [0.1, 0.15) is 39.2 Å². The van der Waals surface area contributed by atoms with Crippen molar-refractivity contribution in [2.75, 3.05) is 12.3 Å². The van der Waals surface area contributed by atoms with Crippen LogP contribution in [-0.2, 0) is 18.3 Å². The second-order valence-electron chi connectivity index (χ2n) is 7.10. The summed E-state index contributed by atoms with van der Waals surface area (Å²) in [4.78, 5) is 21.0. The predicted molar refractivity (Wildman–Crippen MR) is 110 cm³/mol. The van der Waals surface area contributed by atoms with Gasteiger partial charge in [-0.3, -0.25) is 4.79 Å². The second kappa shape index (κ2) is 7.59. The van der Waals surface area contributed by atoms with Crippen LogP contribution in [0.2, 0.25) is 0 Å². The van der Waals surface area contributed by atoms with Gasteiger partial charge < -0.3 is 16.2 Å². The standard InChI is InChI=1S/C21H22N4O2S/c22-19(26)18-16-6-7-21(10-17(16)28-20(18)23,14-4-2-1-3-5-14)8-9-27-15-11-24-13-25-12-15/h1-5,11-13H,6-10,23H2,(H2,22,26). The zero-order valence-corrected chi connectivity index (χ0v) is 16.2. The predicted octanol–water partition coefficient (Wildman–Crippen LogP) is 3.12. The van der Waals surface area contributed by atoms with Crippen molar-refractivity contribution in [3.63, 3.8) is 0 Å². The van der Waals surface area contributed by atoms with Gasteiger partial charge in [-0.1, -0.05) is 30.3 Å². The molecule has 0 radical (unpaired) electrons. The smallest absolute Gasteiger partial charge is 0.251 e. The summed E-state index contributed by atoms with van der Waals surface area (Å²) in [5, 5.41) is 0.527. The lowest BCUT2D eigenvalue weighted by Gasteiger charge is -2.38. The molecule has 7 heteroatoms. The molecule has 1 aliphatic carbocycles. The lowest BCUT2D eigenvalue weighted by atomic mass is 9.67. The van der Waals surface area contributed by atoms with Gasteiger partial charge in [0.15, 0.2) is 5.75 Å². The fraction of sp³-hybridized carbons (Fsp3) is 0.286. The molecule has 1 unspecified atom stereocenters. The average Bonchev–Trinajstić information content (AvgIpc) is 3.04. The first-order chi connectivity index (χ1) is 13.6. The Balaban J connectivity index is 1.62. The molecule has 0 fully saturated rings. The van der Waals surface area contributed by atoms with E-state index in [9.17, 15) is 4.79 Å². The highest BCUT2D eigenvalue weighted by Crippen LogP contribution is 2.46. The molecule has 0 saturated carbocycles. The molecule has 0 aliphatic heterocycles. The first kappa shape index (κ1) is 18.4. The topological polar surface area (TPSA) is 104 Å². The van der Waals surface area contributed by atoms with Gasteiger partial charge in [0.05, 0.1) is 29.6 Å². The fourth-order valence-electron chi connectivity index (χ4n) is 4.09. The van der Waals surface area contributed by atoms with Crippen LogP contribution < -0.4 is 16.2 Å². The number of ether oxygens (including phenoxy) is 1. The van der Waals surface area contributed by atoms with Crippen LogP contribution in [0.25, 0.3) is 0 Å². The lowest BCUT2D eigenvalue weighted by Crippen LogP contribution is -2.35. The van der Waals surface area contributed by atoms with Gasteiger partial charge in [-0.2, -0.15) is 0 Å². The summed E-state index contributed by atoms with van der Waals surface area (Å²) in [6, 6.07) is 10.5. The summed E-state index contributed by atoms with van der Waals surface area (Å²) in [5.74, 6) is 0.230. The third-order valence-electron chi connectivity index (χ3n) is 5.49. The first-order valence-corrected chi connectivity index (χ1v) is 10.0. The zero-order valence-electron chi connectivity index (χ0n) is 15.4. The second-order valence-corrected chi connectivity index (χ2v) is 8.24. The van der Waals surface area contributed by atoms with Gasteiger partial charge in [0.1, 0.15) is 6.33 Å². The number of aromatic nitrogens is 2. The summed E-state index contributed by atoms with van der Waals surface area (Å²) in [5.41, 5.74) is 14.4. The van der Waals surface area contributed by atoms with Crippen molar-refractivity contribution in [1.29, 1.82) is 0 Å². The molecule has 2 heterocycles. The van der Waals surface area contributed by atoms with Crippen molar-refractivity contribution >= 4 is 22.2 Å². The highest BCUT2D eigenvalue weighted by atomic mass is 32.1. The number of carbonyl (C=O) groups excluding carboxylic acids is 1. The van der Waals surface area contributed by atoms with E-state index in [4.69, 9.17) is 16.2 Å². The minimum Gasteiger partial charge on any atom is -0.490 e. The van der Waals surface area contributed by atoms with E-state index in [0.29, 0.717) is 22.9 Å². The van der Waals surface area contributed by atoms with E-state index < -0.39 is 5.91 Å². The average molecular weight is 395 g/mol. The van der Waals surface area contributed by atoms with Gasteiger partial charge in [-0.05, 0) is 36.8 Å². The molecule has 4 rings (SSSR count). The zero-order chi connectivity index (χ0) is 19.6. The lowest BCUT2D eigenvalue weighted by molar-refractivity contribution is 0.1000. The number of thiophene rings is 1. The molecule has 0 spiro atoms. The maximum atomic E-state index is 11.8. The molecule has 3 aromatic rings. The number of nitrogens with zero attached hydrogens (tertiary/aromatic N) is 2. The molecule has 144 valence electrons. The number of hydrogen-bond acceptors (Lipinski definition) is 6. The minimum absolute atomic E-state index is 0.0733. The summed E-state index contributed by atoms with van der Waals surface area (Å²) >= 11 is 1.49. The summed E-state index contributed by atoms with van der Waals surface area (Å²) < 4.78 is 5.89. The number of carbonyl (C=O) groups is 1. The summed E-state index contributed by atoms with van der Waals surface area (Å²) in [6.07, 6.45) is 8.18. The molecule has 4 N–H and O–H groups in total. The van der Waals surface area contributed by atoms with Crippen LogP contribution in [0.3, 0.4) is 0 Å². The van der Waals surface area contributed by atoms with E-state index >= 15 is 0 Å². The molecule has 0 bridgehead atoms. The van der Waals surface area contributed by atoms with Crippen molar-refractivity contribution in [3.8, 4) is 5.75 Å². The highest BCUT2D eigenvalue weighted by molar-refractivity contribution is 7.16. The molecule has 0 saturated heterocycles. The van der Waals surface area contributed by atoms with E-state index in [1.807, 2.05) is 6.07 Å². The van der Waals surface area contributed by atoms with Crippen molar-refractivity contribution in [2.45, 2.75) is 31.1 Å². The summed E-state index contributed by atoms with van der Waals surface area (Å²) in [6.45, 7) is 0.557. The number of nitrogens with two attached hydrogens (primary N) is 2. The molecule has 1 amide bonds. The third kappa shape index (κ3) is 3.45. The Morgan fingerprint density at radius 3 is 2.68 bits per heavy atom. The van der Waals surface area contributed by atoms with Gasteiger partial charge in [-0.15, -0.1) is 11.3 Å². The molecule has 1 atom stereocenters. The van der Waals surface area contributed by atoms with E-state index in [1.54, 1.807) is 12.4 Å². The maximum absolute atomic E-state index is 11.8. The molecular weight excluding hydrogens is 372 g/mol. The Kier molecular flexibility index (Phi) is 5.00. The largest absolute Gasteiger partial charge is 0.490 e. The number of primary amides is 1. The number of anilines is 1. The first-order valence-electron chi connectivity index (χ1n) is 9.22. The Morgan fingerprint density at radius 2 is 1.96 bits per heavy atom. The molecule has 1 aromatic carbocycles. The monoisotopic (exact) mass is 394 g/mol. The van der Waals surface area contributed by atoms with E-state index in [0.717, 1.165) is 36.1 Å². The van der Waals surface area contributed by atoms with Gasteiger partial charge in [0.2, 0.25) is 0 Å². The van der Waals surface area contributed by atoms with Gasteiger partial charge in [0.25, 0.3) is 5.91 Å². The van der Waals surface area contributed by atoms with E-state index in [2.05, 4.69) is 34.2 Å². The maximum Gasteiger partial charge on any atom is 0.251 e. The number of nitrogen functional groups attached to an aromatic ring is 1. The number of fused-ring (bicyclic) bond motifs is 1. The van der Waals surface area contributed by atoms with Crippen molar-refractivity contribution in [3.05, 3.63) is 70.6 Å². The fourth-order valence-corrected chi connectivity index (χ4v) is 5.36. The normalized spacial score (nSPS) is 18.4. The number of benzene rings is 1. The molecular formula is C21H22N4O2S. The third-order valence-corrected chi connectivity index (χ3v) is 6.55. The SMILES string of the molecule is NC(=O)c1c(N)sc2c1CCC(CCOc1cncnc1)(c1ccccc1)C2. The number of rotatable bonds is 6. The minimum atomic E-state index is -0.436. The molecule has 2 aromatic heterocycles. The quantitative estimate of drug-likeness (QED) is 0.668. The number of amides is 1. The van der Waals surface area contributed by atoms with Gasteiger partial charge in [0, 0.05) is 10.3 Å². The van der Waals surface area contributed by atoms with E-state index in [1.165, 1.54) is 23.2 Å². The van der Waals surface area contributed by atoms with Crippen LogP contribution in [0.15, 0.2) is 49.1 Å². The van der Waals surface area contributed by atoms with Crippen LogP contribution in [0.5, 0.6) is 5.75 Å². The van der Waals surface area contributed by atoms with Crippen LogP contribution in [0.4, 0.5) is 5.00 Å². The van der Waals surface area contributed by atoms with Crippen LogP contribution in [0, 0.1) is 0 Å². The Hall–Kier alpha value is -2.93. The van der Waals surface area contributed by atoms with Crippen molar-refractivity contribution < 1.29 is 9.53 Å². The van der Waals surface area contributed by atoms with Crippen LogP contribution >= 0.6 is 11.3 Å². The van der Waals surface area contributed by atoms with E-state index in [-0.39, 0.29) is 5.41 Å². The van der Waals surface area contributed by atoms with Crippen LogP contribution in [-0.4, -0.2) is 22.5 Å². The highest BCUT2D eigenvalue weighted by Gasteiger charge is 2.39. The van der Waals surface area contributed by atoms with Crippen molar-refractivity contribution in [1.82, 2.24) is 9.97 Å². The van der Waals surface area contributed by atoms with Crippen molar-refractivity contribution in [2.24, 2.45) is 5.73 Å². The Morgan fingerprint density at radius 1 is 1.21 bits per heavy atom. The summed E-state index contributed by atoms with van der Waals surface area (Å²) in [7, 11) is 0. The number of hydrogen-bond donors (Lipinski definition) is 2.